The first-order valence-corrected chi connectivity index (χ1v) is 9.69. The summed E-state index contributed by atoms with van der Waals surface area (Å²) in [5.41, 5.74) is 6.24. The van der Waals surface area contributed by atoms with Crippen LogP contribution in [-0.2, 0) is 9.59 Å². The summed E-state index contributed by atoms with van der Waals surface area (Å²) in [6, 6.07) is 4.32. The molecular formula is C19H24N4O5. The molecule has 28 heavy (non-hydrogen) atoms. The molecule has 2 amide bonds. The van der Waals surface area contributed by atoms with Gasteiger partial charge in [0.2, 0.25) is 5.91 Å². The summed E-state index contributed by atoms with van der Waals surface area (Å²) in [6.45, 7) is -0.375. The van der Waals surface area contributed by atoms with Crippen LogP contribution in [0.5, 0.6) is 5.75 Å². The maximum absolute atomic E-state index is 12.8. The zero-order valence-corrected chi connectivity index (χ0v) is 15.5. The molecule has 1 aromatic rings. The molecule has 2 unspecified atom stereocenters. The molecule has 0 radical (unpaired) electrons. The lowest BCUT2D eigenvalue weighted by molar-refractivity contribution is -0.384. The van der Waals surface area contributed by atoms with Gasteiger partial charge >= 0.3 is 0 Å². The van der Waals surface area contributed by atoms with Crippen molar-refractivity contribution in [2.45, 2.75) is 44.2 Å². The Balaban J connectivity index is 1.50. The molecule has 1 aromatic carbocycles. The Kier molecular flexibility index (Phi) is 4.92. The van der Waals surface area contributed by atoms with Crippen molar-refractivity contribution in [3.8, 4) is 5.75 Å². The lowest BCUT2D eigenvalue weighted by Gasteiger charge is -2.45. The van der Waals surface area contributed by atoms with Crippen molar-refractivity contribution in [1.82, 2.24) is 5.32 Å². The Labute approximate surface area is 162 Å². The van der Waals surface area contributed by atoms with E-state index in [1.807, 2.05) is 0 Å². The minimum Gasteiger partial charge on any atom is -0.482 e. The van der Waals surface area contributed by atoms with Gasteiger partial charge in [-0.1, -0.05) is 6.42 Å². The number of hydrogen-bond acceptors (Lipinski definition) is 6. The monoisotopic (exact) mass is 388 g/mol. The van der Waals surface area contributed by atoms with Crippen LogP contribution in [0.25, 0.3) is 0 Å². The standard InChI is InChI=1S/C19H24N4O5/c20-13-6-11-2-1-3-12(7-13)19(11)21-17(24)9-22-15-8-14(23(26)27)4-5-16(15)28-10-18(22)25/h4-5,8,11-13,19H,1-3,6-7,9-10,20H2,(H,21,24). The highest BCUT2D eigenvalue weighted by molar-refractivity contribution is 6.02. The van der Waals surface area contributed by atoms with E-state index in [-0.39, 0.29) is 42.5 Å². The number of fused-ring (bicyclic) bond motifs is 3. The molecule has 0 spiro atoms. The fourth-order valence-corrected chi connectivity index (χ4v) is 4.88. The van der Waals surface area contributed by atoms with E-state index in [9.17, 15) is 19.7 Å². The lowest BCUT2D eigenvalue weighted by atomic mass is 9.67. The fourth-order valence-electron chi connectivity index (χ4n) is 4.88. The number of ether oxygens (including phenoxy) is 1. The minimum atomic E-state index is -0.538. The predicted octanol–water partition coefficient (Wildman–Crippen LogP) is 1.34. The van der Waals surface area contributed by atoms with Crippen LogP contribution in [0.2, 0.25) is 0 Å². The second kappa shape index (κ2) is 7.38. The van der Waals surface area contributed by atoms with Gasteiger partial charge in [0.25, 0.3) is 11.6 Å². The molecule has 1 heterocycles. The van der Waals surface area contributed by atoms with E-state index >= 15 is 0 Å². The number of nitrogens with zero attached hydrogens (tertiary/aromatic N) is 2. The number of amides is 2. The molecule has 0 saturated heterocycles. The normalized spacial score (nSPS) is 28.9. The molecule has 0 aromatic heterocycles. The van der Waals surface area contributed by atoms with Gasteiger partial charge in [-0.2, -0.15) is 0 Å². The molecule has 9 nitrogen and oxygen atoms in total. The van der Waals surface area contributed by atoms with Crippen LogP contribution in [0.1, 0.15) is 32.1 Å². The first-order valence-electron chi connectivity index (χ1n) is 9.69. The average molecular weight is 388 g/mol. The zero-order chi connectivity index (χ0) is 19.8. The molecule has 9 heteroatoms. The minimum absolute atomic E-state index is 0.0850. The fraction of sp³-hybridized carbons (Fsp3) is 0.579. The number of rotatable bonds is 4. The van der Waals surface area contributed by atoms with Gasteiger partial charge in [0, 0.05) is 24.2 Å². The Morgan fingerprint density at radius 3 is 2.71 bits per heavy atom. The van der Waals surface area contributed by atoms with Crippen LogP contribution in [0.15, 0.2) is 18.2 Å². The van der Waals surface area contributed by atoms with E-state index in [0.717, 1.165) is 32.1 Å². The molecule has 1 aliphatic heterocycles. The second-order valence-electron chi connectivity index (χ2n) is 7.95. The molecule has 2 saturated carbocycles. The molecule has 4 rings (SSSR count). The Hall–Kier alpha value is -2.68. The molecule has 3 aliphatic rings. The van der Waals surface area contributed by atoms with Crippen LogP contribution >= 0.6 is 0 Å². The van der Waals surface area contributed by atoms with Gasteiger partial charge < -0.3 is 15.8 Å². The molecular weight excluding hydrogens is 364 g/mol. The average Bonchev–Trinajstić information content (AvgIpc) is 2.64. The molecule has 2 atom stereocenters. The van der Waals surface area contributed by atoms with Crippen LogP contribution in [0.3, 0.4) is 0 Å². The third-order valence-corrected chi connectivity index (χ3v) is 6.10. The highest BCUT2D eigenvalue weighted by Crippen LogP contribution is 2.40. The SMILES string of the molecule is NC1CC2CCCC(C1)C2NC(=O)CN1C(=O)COc2ccc([N+](=O)[O-])cc21. The van der Waals surface area contributed by atoms with Gasteiger partial charge in [-0.15, -0.1) is 0 Å². The summed E-state index contributed by atoms with van der Waals surface area (Å²) in [5, 5.41) is 14.2. The first kappa shape index (κ1) is 18.7. The predicted molar refractivity (Wildman–Crippen MR) is 101 cm³/mol. The maximum atomic E-state index is 12.8. The number of nitro benzene ring substituents is 1. The number of hydrogen-bond donors (Lipinski definition) is 2. The summed E-state index contributed by atoms with van der Waals surface area (Å²) < 4.78 is 5.35. The Morgan fingerprint density at radius 2 is 2.04 bits per heavy atom. The maximum Gasteiger partial charge on any atom is 0.271 e. The van der Waals surface area contributed by atoms with E-state index in [0.29, 0.717) is 17.6 Å². The third kappa shape index (κ3) is 3.54. The summed E-state index contributed by atoms with van der Waals surface area (Å²) >= 11 is 0. The topological polar surface area (TPSA) is 128 Å². The van der Waals surface area contributed by atoms with Crippen LogP contribution in [0.4, 0.5) is 11.4 Å². The zero-order valence-electron chi connectivity index (χ0n) is 15.5. The number of carbonyl (C=O) groups is 2. The Bertz CT molecular complexity index is 800. The highest BCUT2D eigenvalue weighted by Gasteiger charge is 2.40. The number of nitrogens with two attached hydrogens (primary N) is 1. The van der Waals surface area contributed by atoms with Crippen LogP contribution in [0, 0.1) is 22.0 Å². The molecule has 2 fully saturated rings. The molecule has 150 valence electrons. The van der Waals surface area contributed by atoms with Crippen molar-refractivity contribution in [3.05, 3.63) is 28.3 Å². The highest BCUT2D eigenvalue weighted by atomic mass is 16.6. The van der Waals surface area contributed by atoms with Gasteiger partial charge in [0.05, 0.1) is 10.6 Å². The van der Waals surface area contributed by atoms with E-state index in [2.05, 4.69) is 5.32 Å². The quantitative estimate of drug-likeness (QED) is 0.592. The van der Waals surface area contributed by atoms with Crippen molar-refractivity contribution in [3.63, 3.8) is 0 Å². The number of nitrogens with one attached hydrogen (secondary N) is 1. The summed E-state index contributed by atoms with van der Waals surface area (Å²) in [4.78, 5) is 36.9. The van der Waals surface area contributed by atoms with Gasteiger partial charge in [-0.25, -0.2) is 0 Å². The number of carbonyl (C=O) groups excluding carboxylic acids is 2. The Morgan fingerprint density at radius 1 is 1.32 bits per heavy atom. The van der Waals surface area contributed by atoms with E-state index < -0.39 is 10.8 Å². The van der Waals surface area contributed by atoms with E-state index in [1.165, 1.54) is 23.1 Å². The third-order valence-electron chi connectivity index (χ3n) is 6.10. The molecule has 2 bridgehead atoms. The largest absolute Gasteiger partial charge is 0.482 e. The second-order valence-corrected chi connectivity index (χ2v) is 7.95. The van der Waals surface area contributed by atoms with Gasteiger partial charge in [-0.05, 0) is 43.6 Å². The van der Waals surface area contributed by atoms with E-state index in [4.69, 9.17) is 10.5 Å². The molecule has 2 aliphatic carbocycles. The number of non-ortho nitro benzene ring substituents is 1. The van der Waals surface area contributed by atoms with Gasteiger partial charge in [0.1, 0.15) is 12.3 Å². The molecule has 3 N–H and O–H groups in total. The number of benzene rings is 1. The van der Waals surface area contributed by atoms with Crippen molar-refractivity contribution in [2.75, 3.05) is 18.1 Å². The lowest BCUT2D eigenvalue weighted by Crippen LogP contribution is -2.56. The smallest absolute Gasteiger partial charge is 0.271 e. The summed E-state index contributed by atoms with van der Waals surface area (Å²) in [6.07, 6.45) is 5.09. The van der Waals surface area contributed by atoms with Crippen molar-refractivity contribution < 1.29 is 19.2 Å². The first-order chi connectivity index (χ1) is 13.4. The summed E-state index contributed by atoms with van der Waals surface area (Å²) in [5.74, 6) is 0.457. The number of nitro groups is 1. The van der Waals surface area contributed by atoms with Crippen molar-refractivity contribution in [2.24, 2.45) is 17.6 Å². The summed E-state index contributed by atoms with van der Waals surface area (Å²) in [7, 11) is 0. The van der Waals surface area contributed by atoms with Gasteiger partial charge in [-0.3, -0.25) is 24.6 Å². The van der Waals surface area contributed by atoms with E-state index in [1.54, 1.807) is 0 Å². The van der Waals surface area contributed by atoms with Crippen molar-refractivity contribution in [1.29, 1.82) is 0 Å². The van der Waals surface area contributed by atoms with Crippen LogP contribution in [-0.4, -0.2) is 42.0 Å². The van der Waals surface area contributed by atoms with Gasteiger partial charge in [0.15, 0.2) is 6.61 Å². The number of anilines is 1. The van der Waals surface area contributed by atoms with Crippen molar-refractivity contribution >= 4 is 23.2 Å². The van der Waals surface area contributed by atoms with Crippen LogP contribution < -0.4 is 20.7 Å².